The molecule has 0 aliphatic carbocycles. The maximum absolute atomic E-state index is 11.6. The molecule has 2 rings (SSSR count). The first-order chi connectivity index (χ1) is 7.75. The fourth-order valence-corrected chi connectivity index (χ4v) is 1.61. The predicted molar refractivity (Wildman–Crippen MR) is 58.4 cm³/mol. The standard InChI is InChI=1S/C11H16N2O3/c1-8-2-3-10(16-8)11(14)13-6-9-7-15-5-4-12-9/h2-3,9,12H,4-7H2,1H3,(H,13,14). The van der Waals surface area contributed by atoms with E-state index in [1.165, 1.54) is 0 Å². The third-order valence-corrected chi connectivity index (χ3v) is 2.47. The molecule has 88 valence electrons. The molecule has 5 heteroatoms. The molecule has 1 unspecified atom stereocenters. The van der Waals surface area contributed by atoms with Crippen LogP contribution in [0.3, 0.4) is 0 Å². The first-order valence-electron chi connectivity index (χ1n) is 5.41. The van der Waals surface area contributed by atoms with E-state index in [1.54, 1.807) is 12.1 Å². The van der Waals surface area contributed by atoms with Crippen LogP contribution in [0.15, 0.2) is 16.5 Å². The van der Waals surface area contributed by atoms with Gasteiger partial charge >= 0.3 is 0 Å². The summed E-state index contributed by atoms with van der Waals surface area (Å²) in [5.74, 6) is 0.916. The lowest BCUT2D eigenvalue weighted by Crippen LogP contribution is -2.48. The van der Waals surface area contributed by atoms with Gasteiger partial charge in [0.2, 0.25) is 0 Å². The lowest BCUT2D eigenvalue weighted by atomic mass is 10.2. The second-order valence-electron chi connectivity index (χ2n) is 3.85. The van der Waals surface area contributed by atoms with Crippen LogP contribution < -0.4 is 10.6 Å². The number of morpholine rings is 1. The van der Waals surface area contributed by atoms with E-state index in [2.05, 4.69) is 10.6 Å². The molecule has 0 spiro atoms. The molecule has 1 fully saturated rings. The van der Waals surface area contributed by atoms with Gasteiger partial charge in [0.05, 0.1) is 13.2 Å². The van der Waals surface area contributed by atoms with Gasteiger partial charge in [-0.15, -0.1) is 0 Å². The van der Waals surface area contributed by atoms with Gasteiger partial charge in [-0.3, -0.25) is 4.79 Å². The Kier molecular flexibility index (Phi) is 3.58. The van der Waals surface area contributed by atoms with Crippen molar-refractivity contribution in [1.29, 1.82) is 0 Å². The summed E-state index contributed by atoms with van der Waals surface area (Å²) in [7, 11) is 0. The Morgan fingerprint density at radius 3 is 3.12 bits per heavy atom. The molecule has 5 nitrogen and oxygen atoms in total. The molecule has 2 N–H and O–H groups in total. The van der Waals surface area contributed by atoms with Crippen molar-refractivity contribution in [3.05, 3.63) is 23.7 Å². The second-order valence-corrected chi connectivity index (χ2v) is 3.85. The molecule has 1 aromatic heterocycles. The summed E-state index contributed by atoms with van der Waals surface area (Å²) < 4.78 is 10.5. The highest BCUT2D eigenvalue weighted by atomic mass is 16.5. The van der Waals surface area contributed by atoms with Gasteiger partial charge in [-0.1, -0.05) is 0 Å². The number of hydrogen-bond donors (Lipinski definition) is 2. The van der Waals surface area contributed by atoms with Crippen LogP contribution >= 0.6 is 0 Å². The molecule has 1 atom stereocenters. The fourth-order valence-electron chi connectivity index (χ4n) is 1.61. The van der Waals surface area contributed by atoms with Crippen molar-refractivity contribution in [2.45, 2.75) is 13.0 Å². The lowest BCUT2D eigenvalue weighted by molar-refractivity contribution is 0.0727. The average molecular weight is 224 g/mol. The van der Waals surface area contributed by atoms with Crippen molar-refractivity contribution in [3.8, 4) is 0 Å². The van der Waals surface area contributed by atoms with Gasteiger partial charge in [-0.2, -0.15) is 0 Å². The predicted octanol–water partition coefficient (Wildman–Crippen LogP) is 0.306. The second kappa shape index (κ2) is 5.14. The van der Waals surface area contributed by atoms with Crippen molar-refractivity contribution < 1.29 is 13.9 Å². The summed E-state index contributed by atoms with van der Waals surface area (Å²) in [4.78, 5) is 11.6. The number of furan rings is 1. The molecule has 2 heterocycles. The van der Waals surface area contributed by atoms with E-state index in [1.807, 2.05) is 6.92 Å². The largest absolute Gasteiger partial charge is 0.456 e. The van der Waals surface area contributed by atoms with Gasteiger partial charge in [-0.05, 0) is 19.1 Å². The van der Waals surface area contributed by atoms with Gasteiger partial charge in [0.1, 0.15) is 5.76 Å². The van der Waals surface area contributed by atoms with Gasteiger partial charge in [-0.25, -0.2) is 0 Å². The molecule has 1 aromatic rings. The Balaban J connectivity index is 1.79. The molecule has 1 saturated heterocycles. The first-order valence-corrected chi connectivity index (χ1v) is 5.41. The molecule has 1 aliphatic rings. The maximum Gasteiger partial charge on any atom is 0.287 e. The van der Waals surface area contributed by atoms with Crippen molar-refractivity contribution in [3.63, 3.8) is 0 Å². The number of carbonyl (C=O) groups is 1. The van der Waals surface area contributed by atoms with E-state index >= 15 is 0 Å². The maximum atomic E-state index is 11.6. The van der Waals surface area contributed by atoms with Crippen molar-refractivity contribution in [1.82, 2.24) is 10.6 Å². The minimum Gasteiger partial charge on any atom is -0.456 e. The zero-order valence-corrected chi connectivity index (χ0v) is 9.29. The SMILES string of the molecule is Cc1ccc(C(=O)NCC2COCCN2)o1. The van der Waals surface area contributed by atoms with Gasteiger partial charge in [0, 0.05) is 19.1 Å². The zero-order chi connectivity index (χ0) is 11.4. The highest BCUT2D eigenvalue weighted by molar-refractivity contribution is 5.91. The molecule has 0 aromatic carbocycles. The average Bonchev–Trinajstić information content (AvgIpc) is 2.74. The molecule has 1 amide bonds. The van der Waals surface area contributed by atoms with Crippen LogP contribution in [-0.2, 0) is 4.74 Å². The minimum absolute atomic E-state index is 0.180. The highest BCUT2D eigenvalue weighted by Crippen LogP contribution is 2.05. The molecule has 0 radical (unpaired) electrons. The summed E-state index contributed by atoms with van der Waals surface area (Å²) in [5, 5.41) is 6.07. The Labute approximate surface area is 94.1 Å². The zero-order valence-electron chi connectivity index (χ0n) is 9.29. The molecular formula is C11H16N2O3. The molecule has 1 aliphatic heterocycles. The van der Waals surface area contributed by atoms with Crippen LogP contribution in [0.5, 0.6) is 0 Å². The van der Waals surface area contributed by atoms with E-state index < -0.39 is 0 Å². The Hall–Kier alpha value is -1.33. The monoisotopic (exact) mass is 224 g/mol. The van der Waals surface area contributed by atoms with Crippen LogP contribution in [0.25, 0.3) is 0 Å². The summed E-state index contributed by atoms with van der Waals surface area (Å²) in [5.41, 5.74) is 0. The topological polar surface area (TPSA) is 63.5 Å². The van der Waals surface area contributed by atoms with Crippen LogP contribution in [-0.4, -0.2) is 38.3 Å². The molecule has 0 bridgehead atoms. The molecule has 16 heavy (non-hydrogen) atoms. The van der Waals surface area contributed by atoms with Crippen LogP contribution in [0.4, 0.5) is 0 Å². The van der Waals surface area contributed by atoms with E-state index in [0.29, 0.717) is 18.9 Å². The van der Waals surface area contributed by atoms with E-state index in [4.69, 9.17) is 9.15 Å². The summed E-state index contributed by atoms with van der Waals surface area (Å²) >= 11 is 0. The summed E-state index contributed by atoms with van der Waals surface area (Å²) in [6.07, 6.45) is 0. The quantitative estimate of drug-likeness (QED) is 0.775. The Bertz CT molecular complexity index is 356. The van der Waals surface area contributed by atoms with Crippen LogP contribution in [0.1, 0.15) is 16.3 Å². The minimum atomic E-state index is -0.180. The van der Waals surface area contributed by atoms with Crippen LogP contribution in [0.2, 0.25) is 0 Å². The normalized spacial score (nSPS) is 20.7. The number of ether oxygens (including phenoxy) is 1. The summed E-state index contributed by atoms with van der Waals surface area (Å²) in [6, 6.07) is 3.64. The smallest absolute Gasteiger partial charge is 0.287 e. The number of carbonyl (C=O) groups excluding carboxylic acids is 1. The van der Waals surface area contributed by atoms with Crippen molar-refractivity contribution >= 4 is 5.91 Å². The molecular weight excluding hydrogens is 208 g/mol. The number of nitrogens with one attached hydrogen (secondary N) is 2. The van der Waals surface area contributed by atoms with E-state index in [9.17, 15) is 4.79 Å². The number of hydrogen-bond acceptors (Lipinski definition) is 4. The number of amides is 1. The lowest BCUT2D eigenvalue weighted by Gasteiger charge is -2.23. The van der Waals surface area contributed by atoms with E-state index in [0.717, 1.165) is 18.9 Å². The summed E-state index contributed by atoms with van der Waals surface area (Å²) in [6.45, 7) is 4.57. The van der Waals surface area contributed by atoms with Crippen molar-refractivity contribution in [2.75, 3.05) is 26.3 Å². The molecule has 0 saturated carbocycles. The third kappa shape index (κ3) is 2.84. The van der Waals surface area contributed by atoms with Gasteiger partial charge in [0.25, 0.3) is 5.91 Å². The number of rotatable bonds is 3. The number of aryl methyl sites for hydroxylation is 1. The fraction of sp³-hybridized carbons (Fsp3) is 0.545. The van der Waals surface area contributed by atoms with Crippen LogP contribution in [0, 0.1) is 6.92 Å². The third-order valence-electron chi connectivity index (χ3n) is 2.47. The van der Waals surface area contributed by atoms with Gasteiger partial charge in [0.15, 0.2) is 5.76 Å². The van der Waals surface area contributed by atoms with Crippen molar-refractivity contribution in [2.24, 2.45) is 0 Å². The highest BCUT2D eigenvalue weighted by Gasteiger charge is 2.15. The Morgan fingerprint density at radius 1 is 1.62 bits per heavy atom. The first kappa shape index (κ1) is 11.2. The Morgan fingerprint density at radius 2 is 2.50 bits per heavy atom. The van der Waals surface area contributed by atoms with Gasteiger partial charge < -0.3 is 19.8 Å². The van der Waals surface area contributed by atoms with E-state index in [-0.39, 0.29) is 11.9 Å².